The molecule has 0 radical (unpaired) electrons. The van der Waals surface area contributed by atoms with E-state index in [1.54, 1.807) is 6.92 Å². The second-order valence-corrected chi connectivity index (χ2v) is 4.79. The Morgan fingerprint density at radius 3 is 2.75 bits per heavy atom. The molecule has 1 rings (SSSR count). The summed E-state index contributed by atoms with van der Waals surface area (Å²) < 4.78 is 4.53. The molecule has 5 heteroatoms. The minimum absolute atomic E-state index is 0.230. The first kappa shape index (κ1) is 13.4. The first-order chi connectivity index (χ1) is 7.36. The van der Waals surface area contributed by atoms with Crippen LogP contribution in [0.1, 0.15) is 20.3 Å². The molecule has 2 N–H and O–H groups in total. The van der Waals surface area contributed by atoms with Gasteiger partial charge in [-0.1, -0.05) is 0 Å². The summed E-state index contributed by atoms with van der Waals surface area (Å²) in [6.45, 7) is 4.98. The van der Waals surface area contributed by atoms with Crippen LogP contribution in [-0.2, 0) is 9.53 Å². The zero-order valence-electron chi connectivity index (χ0n) is 10.1. The fourth-order valence-corrected chi connectivity index (χ4v) is 2.12. The SMILES string of the molecule is COC(=O)C(C)(O)CN1CCC(C(C)O)C1. The molecule has 3 atom stereocenters. The molecule has 0 aromatic rings. The average Bonchev–Trinajstić information content (AvgIpc) is 2.64. The first-order valence-electron chi connectivity index (χ1n) is 5.58. The molecular formula is C11H21NO4. The molecule has 3 unspecified atom stereocenters. The molecule has 0 aromatic carbocycles. The zero-order valence-corrected chi connectivity index (χ0v) is 10.1. The number of carbonyl (C=O) groups is 1. The van der Waals surface area contributed by atoms with E-state index >= 15 is 0 Å². The maximum atomic E-state index is 11.3. The van der Waals surface area contributed by atoms with Gasteiger partial charge in [0.1, 0.15) is 0 Å². The highest BCUT2D eigenvalue weighted by Gasteiger charge is 2.36. The molecule has 0 spiro atoms. The highest BCUT2D eigenvalue weighted by Crippen LogP contribution is 2.21. The largest absolute Gasteiger partial charge is 0.467 e. The number of carbonyl (C=O) groups excluding carboxylic acids is 1. The fourth-order valence-electron chi connectivity index (χ4n) is 2.12. The summed E-state index contributed by atoms with van der Waals surface area (Å²) in [4.78, 5) is 13.3. The Hall–Kier alpha value is -0.650. The number of aliphatic hydroxyl groups is 2. The summed E-state index contributed by atoms with van der Waals surface area (Å²) in [5.41, 5.74) is -1.47. The van der Waals surface area contributed by atoms with E-state index in [9.17, 15) is 15.0 Å². The topological polar surface area (TPSA) is 70.0 Å². The zero-order chi connectivity index (χ0) is 12.3. The van der Waals surface area contributed by atoms with E-state index in [2.05, 4.69) is 4.74 Å². The van der Waals surface area contributed by atoms with Crippen molar-refractivity contribution >= 4 is 5.97 Å². The normalized spacial score (nSPS) is 27.4. The van der Waals surface area contributed by atoms with Gasteiger partial charge in [-0.2, -0.15) is 0 Å². The Morgan fingerprint density at radius 1 is 1.69 bits per heavy atom. The van der Waals surface area contributed by atoms with Crippen molar-refractivity contribution in [2.45, 2.75) is 32.0 Å². The third kappa shape index (κ3) is 3.17. The van der Waals surface area contributed by atoms with Gasteiger partial charge < -0.3 is 14.9 Å². The van der Waals surface area contributed by atoms with Crippen molar-refractivity contribution in [3.05, 3.63) is 0 Å². The molecule has 1 saturated heterocycles. The smallest absolute Gasteiger partial charge is 0.338 e. The molecule has 0 amide bonds. The molecule has 16 heavy (non-hydrogen) atoms. The van der Waals surface area contributed by atoms with Crippen LogP contribution in [0, 0.1) is 5.92 Å². The molecule has 5 nitrogen and oxygen atoms in total. The van der Waals surface area contributed by atoms with E-state index < -0.39 is 11.6 Å². The van der Waals surface area contributed by atoms with Gasteiger partial charge in [-0.05, 0) is 32.7 Å². The number of nitrogens with zero attached hydrogens (tertiary/aromatic N) is 1. The van der Waals surface area contributed by atoms with Gasteiger partial charge >= 0.3 is 5.97 Å². The second kappa shape index (κ2) is 5.12. The number of aliphatic hydroxyl groups excluding tert-OH is 1. The van der Waals surface area contributed by atoms with Gasteiger partial charge in [-0.25, -0.2) is 4.79 Å². The Bertz CT molecular complexity index is 252. The summed E-state index contributed by atoms with van der Waals surface area (Å²) in [5.74, 6) is -0.388. The lowest BCUT2D eigenvalue weighted by molar-refractivity contribution is -0.162. The Morgan fingerprint density at radius 2 is 2.31 bits per heavy atom. The number of hydrogen-bond donors (Lipinski definition) is 2. The number of rotatable bonds is 4. The van der Waals surface area contributed by atoms with E-state index in [-0.39, 0.29) is 18.6 Å². The van der Waals surface area contributed by atoms with Gasteiger partial charge in [0.15, 0.2) is 5.60 Å². The van der Waals surface area contributed by atoms with Crippen LogP contribution in [0.15, 0.2) is 0 Å². The summed E-state index contributed by atoms with van der Waals surface area (Å²) in [5, 5.41) is 19.3. The van der Waals surface area contributed by atoms with Crippen molar-refractivity contribution in [1.29, 1.82) is 0 Å². The van der Waals surface area contributed by atoms with Crippen molar-refractivity contribution in [3.63, 3.8) is 0 Å². The Kier molecular flexibility index (Phi) is 4.29. The molecule has 0 bridgehead atoms. The standard InChI is InChI=1S/C11H21NO4/c1-8(13)9-4-5-12(6-9)7-11(2,15)10(14)16-3/h8-9,13,15H,4-7H2,1-3H3. The number of esters is 1. The third-order valence-corrected chi connectivity index (χ3v) is 3.15. The highest BCUT2D eigenvalue weighted by atomic mass is 16.5. The molecule has 94 valence electrons. The van der Waals surface area contributed by atoms with E-state index in [1.807, 2.05) is 4.90 Å². The minimum atomic E-state index is -1.47. The summed E-state index contributed by atoms with van der Waals surface area (Å²) in [6, 6.07) is 0. The molecule has 1 fully saturated rings. The van der Waals surface area contributed by atoms with E-state index in [4.69, 9.17) is 0 Å². The number of likely N-dealkylation sites (tertiary alicyclic amines) is 1. The van der Waals surface area contributed by atoms with Crippen LogP contribution in [0.25, 0.3) is 0 Å². The number of β-amino-alcohol motifs (C(OH)–C–C–N with tert-alkyl or cyclic N) is 1. The van der Waals surface area contributed by atoms with Gasteiger partial charge in [0, 0.05) is 13.1 Å². The van der Waals surface area contributed by atoms with Gasteiger partial charge in [-0.3, -0.25) is 4.90 Å². The van der Waals surface area contributed by atoms with Crippen LogP contribution < -0.4 is 0 Å². The van der Waals surface area contributed by atoms with Gasteiger partial charge in [0.05, 0.1) is 13.2 Å². The minimum Gasteiger partial charge on any atom is -0.467 e. The Labute approximate surface area is 96.0 Å². The third-order valence-electron chi connectivity index (χ3n) is 3.15. The molecule has 0 saturated carbocycles. The molecular weight excluding hydrogens is 210 g/mol. The summed E-state index contributed by atoms with van der Waals surface area (Å²) in [7, 11) is 1.26. The van der Waals surface area contributed by atoms with Crippen LogP contribution in [0.4, 0.5) is 0 Å². The maximum Gasteiger partial charge on any atom is 0.338 e. The molecule has 1 heterocycles. The van der Waals surface area contributed by atoms with E-state index in [1.165, 1.54) is 14.0 Å². The van der Waals surface area contributed by atoms with Crippen LogP contribution in [0.5, 0.6) is 0 Å². The molecule has 0 aromatic heterocycles. The van der Waals surface area contributed by atoms with Gasteiger partial charge in [0.25, 0.3) is 0 Å². The molecule has 1 aliphatic rings. The number of hydrogen-bond acceptors (Lipinski definition) is 5. The number of ether oxygens (including phenoxy) is 1. The summed E-state index contributed by atoms with van der Waals surface area (Å²) in [6.07, 6.45) is 0.558. The molecule has 0 aliphatic carbocycles. The van der Waals surface area contributed by atoms with Gasteiger partial charge in [0.2, 0.25) is 0 Å². The van der Waals surface area contributed by atoms with Crippen molar-refractivity contribution in [2.24, 2.45) is 5.92 Å². The van der Waals surface area contributed by atoms with Crippen molar-refractivity contribution in [1.82, 2.24) is 4.90 Å². The van der Waals surface area contributed by atoms with Gasteiger partial charge in [-0.15, -0.1) is 0 Å². The fraction of sp³-hybridized carbons (Fsp3) is 0.909. The quantitative estimate of drug-likeness (QED) is 0.645. The maximum absolute atomic E-state index is 11.3. The van der Waals surface area contributed by atoms with E-state index in [0.717, 1.165) is 13.0 Å². The van der Waals surface area contributed by atoms with Crippen molar-refractivity contribution in [3.8, 4) is 0 Å². The van der Waals surface area contributed by atoms with Crippen molar-refractivity contribution < 1.29 is 19.7 Å². The monoisotopic (exact) mass is 231 g/mol. The van der Waals surface area contributed by atoms with Crippen molar-refractivity contribution in [2.75, 3.05) is 26.7 Å². The highest BCUT2D eigenvalue weighted by molar-refractivity contribution is 5.78. The lowest BCUT2D eigenvalue weighted by Gasteiger charge is -2.26. The first-order valence-corrected chi connectivity index (χ1v) is 5.58. The molecule has 1 aliphatic heterocycles. The van der Waals surface area contributed by atoms with E-state index in [0.29, 0.717) is 6.54 Å². The van der Waals surface area contributed by atoms with Crippen LogP contribution in [-0.4, -0.2) is 59.5 Å². The summed E-state index contributed by atoms with van der Waals surface area (Å²) >= 11 is 0. The predicted octanol–water partition coefficient (Wildman–Crippen LogP) is -0.387. The predicted molar refractivity (Wildman–Crippen MR) is 58.9 cm³/mol. The van der Waals surface area contributed by atoms with Crippen LogP contribution in [0.2, 0.25) is 0 Å². The second-order valence-electron chi connectivity index (χ2n) is 4.79. The lowest BCUT2D eigenvalue weighted by Crippen LogP contribution is -2.47. The lowest BCUT2D eigenvalue weighted by atomic mass is 10.0. The van der Waals surface area contributed by atoms with Crippen LogP contribution in [0.3, 0.4) is 0 Å². The number of methoxy groups -OCH3 is 1. The average molecular weight is 231 g/mol. The Balaban J connectivity index is 2.47. The van der Waals surface area contributed by atoms with Crippen LogP contribution >= 0.6 is 0 Å².